The van der Waals surface area contributed by atoms with E-state index in [9.17, 15) is 0 Å². The van der Waals surface area contributed by atoms with Gasteiger partial charge in [-0.25, -0.2) is 4.98 Å². The third-order valence-electron chi connectivity index (χ3n) is 2.63. The number of benzene rings is 1. The Kier molecular flexibility index (Phi) is 4.20. The maximum atomic E-state index is 6.22. The van der Waals surface area contributed by atoms with Crippen molar-refractivity contribution in [2.45, 2.75) is 12.5 Å². The van der Waals surface area contributed by atoms with Gasteiger partial charge >= 0.3 is 0 Å². The van der Waals surface area contributed by atoms with Crippen molar-refractivity contribution in [3.05, 3.63) is 51.5 Å². The Morgan fingerprint density at radius 2 is 2.35 bits per heavy atom. The number of halogens is 2. The van der Waals surface area contributed by atoms with E-state index >= 15 is 0 Å². The number of rotatable bonds is 4. The van der Waals surface area contributed by atoms with Crippen molar-refractivity contribution in [3.63, 3.8) is 0 Å². The molecule has 0 bridgehead atoms. The SMILES string of the molecule is CNC(Cc1ncc[nH]1)c1cc(Br)ccc1Cl. The van der Waals surface area contributed by atoms with E-state index in [-0.39, 0.29) is 6.04 Å². The summed E-state index contributed by atoms with van der Waals surface area (Å²) in [4.78, 5) is 7.33. The van der Waals surface area contributed by atoms with Crippen molar-refractivity contribution in [2.75, 3.05) is 7.05 Å². The zero-order valence-corrected chi connectivity index (χ0v) is 11.7. The Balaban J connectivity index is 2.25. The van der Waals surface area contributed by atoms with Gasteiger partial charge < -0.3 is 10.3 Å². The van der Waals surface area contributed by atoms with E-state index in [1.54, 1.807) is 6.20 Å². The van der Waals surface area contributed by atoms with Gasteiger partial charge in [0.25, 0.3) is 0 Å². The molecule has 0 spiro atoms. The number of H-pyrrole nitrogens is 1. The summed E-state index contributed by atoms with van der Waals surface area (Å²) in [5.74, 6) is 0.945. The van der Waals surface area contributed by atoms with Gasteiger partial charge in [0.2, 0.25) is 0 Å². The Morgan fingerprint density at radius 3 is 3.00 bits per heavy atom. The van der Waals surface area contributed by atoms with Crippen LogP contribution in [0.2, 0.25) is 5.02 Å². The van der Waals surface area contributed by atoms with Gasteiger partial charge in [-0.2, -0.15) is 0 Å². The third kappa shape index (κ3) is 3.09. The van der Waals surface area contributed by atoms with Crippen LogP contribution in [-0.2, 0) is 6.42 Å². The molecule has 2 N–H and O–H groups in total. The van der Waals surface area contributed by atoms with Gasteiger partial charge in [-0.1, -0.05) is 27.5 Å². The van der Waals surface area contributed by atoms with Gasteiger partial charge in [0, 0.05) is 34.4 Å². The average Bonchev–Trinajstić information content (AvgIpc) is 2.82. The average molecular weight is 315 g/mol. The summed E-state index contributed by atoms with van der Waals surface area (Å²) < 4.78 is 1.02. The van der Waals surface area contributed by atoms with E-state index in [1.807, 2.05) is 31.4 Å². The van der Waals surface area contributed by atoms with E-state index in [0.717, 1.165) is 27.3 Å². The molecule has 17 heavy (non-hydrogen) atoms. The number of aromatic nitrogens is 2. The molecule has 90 valence electrons. The Hall–Kier alpha value is -0.840. The predicted octanol–water partition coefficient (Wildman–Crippen LogP) is 3.33. The molecular formula is C12H13BrClN3. The van der Waals surface area contributed by atoms with E-state index in [2.05, 4.69) is 31.2 Å². The first-order chi connectivity index (χ1) is 8.20. The number of aromatic amines is 1. The lowest BCUT2D eigenvalue weighted by Crippen LogP contribution is -2.19. The molecule has 3 nitrogen and oxygen atoms in total. The normalized spacial score (nSPS) is 12.6. The van der Waals surface area contributed by atoms with Crippen LogP contribution in [0.15, 0.2) is 35.1 Å². The van der Waals surface area contributed by atoms with Gasteiger partial charge in [-0.3, -0.25) is 0 Å². The number of nitrogens with one attached hydrogen (secondary N) is 2. The van der Waals surface area contributed by atoms with Crippen LogP contribution in [0.3, 0.4) is 0 Å². The monoisotopic (exact) mass is 313 g/mol. The molecule has 0 saturated heterocycles. The molecule has 1 aromatic heterocycles. The summed E-state index contributed by atoms with van der Waals surface area (Å²) >= 11 is 9.68. The third-order valence-corrected chi connectivity index (χ3v) is 3.47. The van der Waals surface area contributed by atoms with E-state index in [0.29, 0.717) is 0 Å². The fourth-order valence-corrected chi connectivity index (χ4v) is 2.38. The molecule has 1 heterocycles. The molecule has 0 saturated carbocycles. The van der Waals surface area contributed by atoms with E-state index in [4.69, 9.17) is 11.6 Å². The molecule has 0 amide bonds. The second-order valence-electron chi connectivity index (χ2n) is 3.75. The number of imidazole rings is 1. The summed E-state index contributed by atoms with van der Waals surface area (Å²) in [6.45, 7) is 0. The minimum atomic E-state index is 0.145. The molecule has 0 radical (unpaired) electrons. The molecular weight excluding hydrogens is 302 g/mol. The summed E-state index contributed by atoms with van der Waals surface area (Å²) in [6.07, 6.45) is 4.36. The van der Waals surface area contributed by atoms with Crippen molar-refractivity contribution in [1.82, 2.24) is 15.3 Å². The second kappa shape index (κ2) is 5.67. The van der Waals surface area contributed by atoms with Crippen LogP contribution < -0.4 is 5.32 Å². The van der Waals surface area contributed by atoms with Crippen molar-refractivity contribution >= 4 is 27.5 Å². The molecule has 0 aliphatic rings. The van der Waals surface area contributed by atoms with Crippen LogP contribution in [0.5, 0.6) is 0 Å². The molecule has 1 aromatic carbocycles. The summed E-state index contributed by atoms with van der Waals surface area (Å²) in [7, 11) is 1.92. The molecule has 1 unspecified atom stereocenters. The number of nitrogens with zero attached hydrogens (tertiary/aromatic N) is 1. The molecule has 2 aromatic rings. The zero-order chi connectivity index (χ0) is 12.3. The van der Waals surface area contributed by atoms with Crippen molar-refractivity contribution in [1.29, 1.82) is 0 Å². The molecule has 5 heteroatoms. The van der Waals surface area contributed by atoms with Crippen LogP contribution in [0, 0.1) is 0 Å². The summed E-state index contributed by atoms with van der Waals surface area (Å²) in [5.41, 5.74) is 1.07. The lowest BCUT2D eigenvalue weighted by molar-refractivity contribution is 0.578. The lowest BCUT2D eigenvalue weighted by Gasteiger charge is -2.17. The van der Waals surface area contributed by atoms with Crippen LogP contribution in [0.25, 0.3) is 0 Å². The van der Waals surface area contributed by atoms with Crippen LogP contribution in [0.4, 0.5) is 0 Å². The Bertz CT molecular complexity index is 485. The topological polar surface area (TPSA) is 40.7 Å². The lowest BCUT2D eigenvalue weighted by atomic mass is 10.0. The first kappa shape index (κ1) is 12.6. The Morgan fingerprint density at radius 1 is 1.53 bits per heavy atom. The highest BCUT2D eigenvalue weighted by molar-refractivity contribution is 9.10. The zero-order valence-electron chi connectivity index (χ0n) is 9.37. The number of hydrogen-bond acceptors (Lipinski definition) is 2. The van der Waals surface area contributed by atoms with Crippen LogP contribution in [-0.4, -0.2) is 17.0 Å². The predicted molar refractivity (Wildman–Crippen MR) is 73.2 cm³/mol. The largest absolute Gasteiger partial charge is 0.349 e. The second-order valence-corrected chi connectivity index (χ2v) is 5.07. The number of hydrogen-bond donors (Lipinski definition) is 2. The highest BCUT2D eigenvalue weighted by Gasteiger charge is 2.15. The maximum Gasteiger partial charge on any atom is 0.107 e. The molecule has 2 rings (SSSR count). The fraction of sp³-hybridized carbons (Fsp3) is 0.250. The molecule has 0 aliphatic carbocycles. The summed E-state index contributed by atoms with van der Waals surface area (Å²) in [6, 6.07) is 6.01. The smallest absolute Gasteiger partial charge is 0.107 e. The van der Waals surface area contributed by atoms with Crippen molar-refractivity contribution in [3.8, 4) is 0 Å². The number of likely N-dealkylation sites (N-methyl/N-ethyl adjacent to an activating group) is 1. The minimum absolute atomic E-state index is 0.145. The van der Waals surface area contributed by atoms with Crippen LogP contribution in [0.1, 0.15) is 17.4 Å². The van der Waals surface area contributed by atoms with Crippen molar-refractivity contribution in [2.24, 2.45) is 0 Å². The first-order valence-corrected chi connectivity index (χ1v) is 6.48. The molecule has 1 atom stereocenters. The first-order valence-electron chi connectivity index (χ1n) is 5.31. The summed E-state index contributed by atoms with van der Waals surface area (Å²) in [5, 5.41) is 4.02. The standard InChI is InChI=1S/C12H13BrClN3/c1-15-11(7-12-16-4-5-17-12)9-6-8(13)2-3-10(9)14/h2-6,11,15H,7H2,1H3,(H,16,17). The Labute approximate surface area is 114 Å². The quantitative estimate of drug-likeness (QED) is 0.909. The fourth-order valence-electron chi connectivity index (χ4n) is 1.75. The highest BCUT2D eigenvalue weighted by atomic mass is 79.9. The van der Waals surface area contributed by atoms with Crippen molar-refractivity contribution < 1.29 is 0 Å². The van der Waals surface area contributed by atoms with E-state index in [1.165, 1.54) is 0 Å². The van der Waals surface area contributed by atoms with Gasteiger partial charge in [0.05, 0.1) is 0 Å². The maximum absolute atomic E-state index is 6.22. The minimum Gasteiger partial charge on any atom is -0.349 e. The van der Waals surface area contributed by atoms with Gasteiger partial charge in [0.1, 0.15) is 5.82 Å². The molecule has 0 fully saturated rings. The van der Waals surface area contributed by atoms with Gasteiger partial charge in [-0.05, 0) is 30.8 Å². The van der Waals surface area contributed by atoms with E-state index < -0.39 is 0 Å². The van der Waals surface area contributed by atoms with Crippen LogP contribution >= 0.6 is 27.5 Å². The molecule has 0 aliphatic heterocycles. The van der Waals surface area contributed by atoms with Gasteiger partial charge in [-0.15, -0.1) is 0 Å². The van der Waals surface area contributed by atoms with Gasteiger partial charge in [0.15, 0.2) is 0 Å². The highest BCUT2D eigenvalue weighted by Crippen LogP contribution is 2.27.